The number of hydrogen-bond acceptors (Lipinski definition) is 3. The van der Waals surface area contributed by atoms with Gasteiger partial charge in [0.25, 0.3) is 0 Å². The van der Waals surface area contributed by atoms with E-state index in [2.05, 4.69) is 0 Å². The fourth-order valence-corrected chi connectivity index (χ4v) is 0.748. The van der Waals surface area contributed by atoms with Gasteiger partial charge in [-0.1, -0.05) is 0 Å². The molecule has 0 fully saturated rings. The largest absolute Gasteiger partial charge is 0.388 e. The zero-order valence-electron chi connectivity index (χ0n) is 7.54. The molecule has 68 valence electrons. The Balaban J connectivity index is 3.38. The second-order valence-electron chi connectivity index (χ2n) is 2.39. The lowest BCUT2D eigenvalue weighted by atomic mass is 10.2. The van der Waals surface area contributed by atoms with Crippen molar-refractivity contribution in [2.45, 2.75) is 33.0 Å². The number of rotatable bonds is 6. The standard InChI is InChI=1S/C8H18O3/c1-4-10-6-8(9)7(3)11-5-2/h7-9H,4-6H2,1-3H3. The van der Waals surface area contributed by atoms with E-state index in [1.807, 2.05) is 20.8 Å². The van der Waals surface area contributed by atoms with Crippen molar-refractivity contribution in [1.29, 1.82) is 0 Å². The Morgan fingerprint density at radius 1 is 1.27 bits per heavy atom. The van der Waals surface area contributed by atoms with E-state index in [4.69, 9.17) is 9.47 Å². The SMILES string of the molecule is CCOCC(O)C(C)OCC. The molecule has 2 unspecified atom stereocenters. The van der Waals surface area contributed by atoms with Crippen LogP contribution in [-0.2, 0) is 9.47 Å². The highest BCUT2D eigenvalue weighted by molar-refractivity contribution is 4.62. The maximum Gasteiger partial charge on any atom is 0.103 e. The lowest BCUT2D eigenvalue weighted by Gasteiger charge is -2.17. The first-order valence-corrected chi connectivity index (χ1v) is 4.09. The molecule has 1 N–H and O–H groups in total. The third kappa shape index (κ3) is 5.18. The van der Waals surface area contributed by atoms with Gasteiger partial charge < -0.3 is 14.6 Å². The lowest BCUT2D eigenvalue weighted by molar-refractivity contribution is -0.0588. The summed E-state index contributed by atoms with van der Waals surface area (Å²) in [7, 11) is 0. The second kappa shape index (κ2) is 6.58. The Morgan fingerprint density at radius 2 is 1.91 bits per heavy atom. The Kier molecular flexibility index (Phi) is 6.51. The fraction of sp³-hybridized carbons (Fsp3) is 1.00. The lowest BCUT2D eigenvalue weighted by Crippen LogP contribution is -2.30. The third-order valence-corrected chi connectivity index (χ3v) is 1.46. The number of aliphatic hydroxyl groups excluding tert-OH is 1. The summed E-state index contributed by atoms with van der Waals surface area (Å²) in [5, 5.41) is 9.33. The molecule has 0 aromatic carbocycles. The van der Waals surface area contributed by atoms with Gasteiger partial charge in [-0.2, -0.15) is 0 Å². The first-order valence-electron chi connectivity index (χ1n) is 4.09. The maximum atomic E-state index is 9.33. The van der Waals surface area contributed by atoms with Gasteiger partial charge in [-0.15, -0.1) is 0 Å². The molecule has 0 aliphatic carbocycles. The van der Waals surface area contributed by atoms with E-state index in [0.29, 0.717) is 19.8 Å². The predicted molar refractivity (Wildman–Crippen MR) is 43.6 cm³/mol. The van der Waals surface area contributed by atoms with E-state index in [0.717, 1.165) is 0 Å². The van der Waals surface area contributed by atoms with Crippen molar-refractivity contribution in [2.24, 2.45) is 0 Å². The first kappa shape index (κ1) is 10.9. The summed E-state index contributed by atoms with van der Waals surface area (Å²) in [5.41, 5.74) is 0. The molecule has 0 heterocycles. The van der Waals surface area contributed by atoms with Gasteiger partial charge >= 0.3 is 0 Å². The fourth-order valence-electron chi connectivity index (χ4n) is 0.748. The summed E-state index contributed by atoms with van der Waals surface area (Å²) < 4.78 is 10.2. The van der Waals surface area contributed by atoms with Gasteiger partial charge in [0.2, 0.25) is 0 Å². The second-order valence-corrected chi connectivity index (χ2v) is 2.39. The molecule has 0 aromatic rings. The van der Waals surface area contributed by atoms with Gasteiger partial charge in [0.15, 0.2) is 0 Å². The van der Waals surface area contributed by atoms with Gasteiger partial charge in [-0.25, -0.2) is 0 Å². The molecule has 0 saturated carbocycles. The molecule has 0 aliphatic heterocycles. The minimum atomic E-state index is -0.505. The van der Waals surface area contributed by atoms with Crippen LogP contribution in [0.5, 0.6) is 0 Å². The van der Waals surface area contributed by atoms with Crippen molar-refractivity contribution < 1.29 is 14.6 Å². The van der Waals surface area contributed by atoms with Crippen molar-refractivity contribution in [1.82, 2.24) is 0 Å². The van der Waals surface area contributed by atoms with Gasteiger partial charge in [0.05, 0.1) is 12.7 Å². The predicted octanol–water partition coefficient (Wildman–Crippen LogP) is 0.809. The molecule has 0 aromatic heterocycles. The molecule has 2 atom stereocenters. The molecular weight excluding hydrogens is 144 g/mol. The van der Waals surface area contributed by atoms with Crippen LogP contribution in [-0.4, -0.2) is 37.1 Å². The van der Waals surface area contributed by atoms with Crippen molar-refractivity contribution in [2.75, 3.05) is 19.8 Å². The summed E-state index contributed by atoms with van der Waals surface area (Å²) in [5.74, 6) is 0. The first-order chi connectivity index (χ1) is 5.22. The molecule has 0 bridgehead atoms. The van der Waals surface area contributed by atoms with E-state index in [-0.39, 0.29) is 6.10 Å². The smallest absolute Gasteiger partial charge is 0.103 e. The number of ether oxygens (including phenoxy) is 2. The molecular formula is C8H18O3. The molecule has 0 rings (SSSR count). The van der Waals surface area contributed by atoms with Crippen molar-refractivity contribution in [3.63, 3.8) is 0 Å². The van der Waals surface area contributed by atoms with Crippen LogP contribution in [0.4, 0.5) is 0 Å². The van der Waals surface area contributed by atoms with Crippen LogP contribution >= 0.6 is 0 Å². The topological polar surface area (TPSA) is 38.7 Å². The zero-order valence-corrected chi connectivity index (χ0v) is 7.54. The van der Waals surface area contributed by atoms with Crippen molar-refractivity contribution >= 4 is 0 Å². The van der Waals surface area contributed by atoms with E-state index in [1.165, 1.54) is 0 Å². The molecule has 0 saturated heterocycles. The highest BCUT2D eigenvalue weighted by atomic mass is 16.5. The molecule has 0 aliphatic rings. The quantitative estimate of drug-likeness (QED) is 0.628. The van der Waals surface area contributed by atoms with Crippen LogP contribution in [0.25, 0.3) is 0 Å². The van der Waals surface area contributed by atoms with Crippen LogP contribution in [0.3, 0.4) is 0 Å². The summed E-state index contributed by atoms with van der Waals surface area (Å²) >= 11 is 0. The average molecular weight is 162 g/mol. The Bertz CT molecular complexity index is 85.4. The van der Waals surface area contributed by atoms with Gasteiger partial charge in [-0.3, -0.25) is 0 Å². The van der Waals surface area contributed by atoms with E-state index >= 15 is 0 Å². The van der Waals surface area contributed by atoms with E-state index < -0.39 is 6.10 Å². The Hall–Kier alpha value is -0.120. The maximum absolute atomic E-state index is 9.33. The molecule has 0 radical (unpaired) electrons. The van der Waals surface area contributed by atoms with Crippen molar-refractivity contribution in [3.05, 3.63) is 0 Å². The summed E-state index contributed by atoms with van der Waals surface area (Å²) in [6, 6.07) is 0. The van der Waals surface area contributed by atoms with Crippen LogP contribution in [0.1, 0.15) is 20.8 Å². The van der Waals surface area contributed by atoms with Gasteiger partial charge in [0.1, 0.15) is 6.10 Å². The molecule has 3 nitrogen and oxygen atoms in total. The van der Waals surface area contributed by atoms with Crippen LogP contribution in [0.15, 0.2) is 0 Å². The van der Waals surface area contributed by atoms with E-state index in [1.54, 1.807) is 0 Å². The summed E-state index contributed by atoms with van der Waals surface area (Å²) in [6.07, 6.45) is -0.638. The Labute approximate surface area is 68.3 Å². The van der Waals surface area contributed by atoms with Gasteiger partial charge in [-0.05, 0) is 20.8 Å². The Morgan fingerprint density at radius 3 is 2.36 bits per heavy atom. The number of aliphatic hydroxyl groups is 1. The molecule has 11 heavy (non-hydrogen) atoms. The van der Waals surface area contributed by atoms with Crippen LogP contribution in [0, 0.1) is 0 Å². The highest BCUT2D eigenvalue weighted by Crippen LogP contribution is 1.98. The number of hydrogen-bond donors (Lipinski definition) is 1. The minimum absolute atomic E-state index is 0.133. The van der Waals surface area contributed by atoms with E-state index in [9.17, 15) is 5.11 Å². The monoisotopic (exact) mass is 162 g/mol. The molecule has 0 amide bonds. The summed E-state index contributed by atoms with van der Waals surface area (Å²) in [4.78, 5) is 0. The third-order valence-electron chi connectivity index (χ3n) is 1.46. The zero-order chi connectivity index (χ0) is 8.69. The van der Waals surface area contributed by atoms with Gasteiger partial charge in [0, 0.05) is 13.2 Å². The van der Waals surface area contributed by atoms with Crippen LogP contribution in [0.2, 0.25) is 0 Å². The molecule has 0 spiro atoms. The minimum Gasteiger partial charge on any atom is -0.388 e. The average Bonchev–Trinajstić information content (AvgIpc) is 2.00. The summed E-state index contributed by atoms with van der Waals surface area (Å²) in [6.45, 7) is 7.27. The van der Waals surface area contributed by atoms with Crippen molar-refractivity contribution in [3.8, 4) is 0 Å². The molecule has 3 heteroatoms. The highest BCUT2D eigenvalue weighted by Gasteiger charge is 2.13. The van der Waals surface area contributed by atoms with Crippen LogP contribution < -0.4 is 0 Å². The normalized spacial score (nSPS) is 16.4.